The Morgan fingerprint density at radius 3 is 2.80 bits per heavy atom. The Bertz CT molecular complexity index is 334. The van der Waals surface area contributed by atoms with Crippen molar-refractivity contribution in [2.75, 3.05) is 0 Å². The third-order valence-corrected chi connectivity index (χ3v) is 4.15. The summed E-state index contributed by atoms with van der Waals surface area (Å²) in [5, 5.41) is 0. The number of allylic oxidation sites excluding steroid dienone is 2. The lowest BCUT2D eigenvalue weighted by Crippen LogP contribution is -2.43. The molecule has 1 aliphatic heterocycles. The van der Waals surface area contributed by atoms with Gasteiger partial charge in [0.15, 0.2) is 0 Å². The minimum atomic E-state index is -0.367. The van der Waals surface area contributed by atoms with Crippen LogP contribution in [0.3, 0.4) is 0 Å². The molecule has 1 heterocycles. The van der Waals surface area contributed by atoms with E-state index < -0.39 is 0 Å². The number of carbonyl (C=O) groups excluding carboxylic acids is 1. The number of hydrogen-bond acceptors (Lipinski definition) is 3. The van der Waals surface area contributed by atoms with Crippen molar-refractivity contribution >= 4 is 5.97 Å². The second-order valence-electron chi connectivity index (χ2n) is 5.36. The van der Waals surface area contributed by atoms with Crippen molar-refractivity contribution in [3.63, 3.8) is 0 Å². The maximum Gasteiger partial charge on any atom is 0.351 e. The van der Waals surface area contributed by atoms with E-state index in [9.17, 15) is 4.79 Å². The first kappa shape index (κ1) is 9.40. The molecule has 15 heavy (non-hydrogen) atoms. The summed E-state index contributed by atoms with van der Waals surface area (Å²) in [5.41, 5.74) is -0.367. The van der Waals surface area contributed by atoms with Crippen LogP contribution in [0.25, 0.3) is 0 Å². The highest BCUT2D eigenvalue weighted by Gasteiger charge is 2.64. The topological polar surface area (TPSA) is 35.5 Å². The van der Waals surface area contributed by atoms with Gasteiger partial charge in [-0.05, 0) is 30.6 Å². The van der Waals surface area contributed by atoms with E-state index >= 15 is 0 Å². The first-order valence-electron chi connectivity index (χ1n) is 5.70. The van der Waals surface area contributed by atoms with Gasteiger partial charge in [0.2, 0.25) is 0 Å². The summed E-state index contributed by atoms with van der Waals surface area (Å²) in [6, 6.07) is 0. The first-order valence-corrected chi connectivity index (χ1v) is 5.70. The Labute approximate surface area is 89.4 Å². The number of fused-ring (bicyclic) bond motifs is 3. The fourth-order valence-corrected chi connectivity index (χ4v) is 3.54. The second-order valence-corrected chi connectivity index (χ2v) is 5.36. The van der Waals surface area contributed by atoms with Gasteiger partial charge in [-0.1, -0.05) is 26.0 Å². The van der Waals surface area contributed by atoms with Crippen LogP contribution in [0.15, 0.2) is 12.2 Å². The molecule has 3 heteroatoms. The Morgan fingerprint density at radius 1 is 1.47 bits per heavy atom. The molecule has 1 saturated carbocycles. The Kier molecular flexibility index (Phi) is 1.78. The molecule has 0 aromatic heterocycles. The number of hydrogen-bond donors (Lipinski definition) is 0. The molecule has 4 atom stereocenters. The van der Waals surface area contributed by atoms with Gasteiger partial charge in [0, 0.05) is 0 Å². The lowest BCUT2D eigenvalue weighted by atomic mass is 9.69. The quantitative estimate of drug-likeness (QED) is 0.489. The molecule has 82 valence electrons. The van der Waals surface area contributed by atoms with E-state index in [0.717, 1.165) is 12.8 Å². The molecule has 3 aliphatic rings. The fourth-order valence-electron chi connectivity index (χ4n) is 3.54. The van der Waals surface area contributed by atoms with Gasteiger partial charge < -0.3 is 0 Å². The predicted octanol–water partition coefficient (Wildman–Crippen LogP) is 2.08. The van der Waals surface area contributed by atoms with Crippen LogP contribution in [0.5, 0.6) is 0 Å². The van der Waals surface area contributed by atoms with Gasteiger partial charge in [-0.15, -0.1) is 0 Å². The molecule has 0 amide bonds. The molecule has 1 spiro atoms. The maximum absolute atomic E-state index is 11.9. The van der Waals surface area contributed by atoms with Crippen molar-refractivity contribution in [1.82, 2.24) is 0 Å². The molecular weight excluding hydrogens is 192 g/mol. The van der Waals surface area contributed by atoms with Crippen molar-refractivity contribution < 1.29 is 14.6 Å². The SMILES string of the molecule is CC(C)C1OOC(=O)C12CC1C=CC2C1. The average molecular weight is 208 g/mol. The van der Waals surface area contributed by atoms with Crippen LogP contribution in [-0.4, -0.2) is 12.1 Å². The molecule has 2 fully saturated rings. The molecule has 3 rings (SSSR count). The summed E-state index contributed by atoms with van der Waals surface area (Å²) in [7, 11) is 0. The fraction of sp³-hybridized carbons (Fsp3) is 0.750. The van der Waals surface area contributed by atoms with E-state index in [-0.39, 0.29) is 17.5 Å². The highest BCUT2D eigenvalue weighted by Crippen LogP contribution is 2.58. The number of rotatable bonds is 1. The van der Waals surface area contributed by atoms with Gasteiger partial charge in [-0.2, -0.15) is 4.89 Å². The van der Waals surface area contributed by atoms with Crippen molar-refractivity contribution in [2.45, 2.75) is 32.8 Å². The van der Waals surface area contributed by atoms with Crippen molar-refractivity contribution in [1.29, 1.82) is 0 Å². The van der Waals surface area contributed by atoms with Gasteiger partial charge in [-0.25, -0.2) is 4.79 Å². The van der Waals surface area contributed by atoms with Crippen LogP contribution in [0, 0.1) is 23.2 Å². The summed E-state index contributed by atoms with van der Waals surface area (Å²) < 4.78 is 0. The van der Waals surface area contributed by atoms with E-state index in [2.05, 4.69) is 26.0 Å². The minimum Gasteiger partial charge on any atom is -0.297 e. The summed E-state index contributed by atoms with van der Waals surface area (Å²) in [6.07, 6.45) is 6.36. The molecule has 0 aromatic carbocycles. The highest BCUT2D eigenvalue weighted by atomic mass is 17.2. The second kappa shape index (κ2) is 2.85. The van der Waals surface area contributed by atoms with Gasteiger partial charge >= 0.3 is 5.97 Å². The van der Waals surface area contributed by atoms with Crippen molar-refractivity contribution in [3.8, 4) is 0 Å². The lowest BCUT2D eigenvalue weighted by molar-refractivity contribution is -0.270. The summed E-state index contributed by atoms with van der Waals surface area (Å²) in [6.45, 7) is 4.17. The molecule has 4 unspecified atom stereocenters. The van der Waals surface area contributed by atoms with Crippen LogP contribution < -0.4 is 0 Å². The Balaban J connectivity index is 2.01. The zero-order valence-electron chi connectivity index (χ0n) is 9.10. The zero-order chi connectivity index (χ0) is 10.6. The third kappa shape index (κ3) is 1.02. The van der Waals surface area contributed by atoms with E-state index in [1.165, 1.54) is 0 Å². The van der Waals surface area contributed by atoms with E-state index in [4.69, 9.17) is 9.78 Å². The molecule has 0 N–H and O–H groups in total. The smallest absolute Gasteiger partial charge is 0.297 e. The summed E-state index contributed by atoms with van der Waals surface area (Å²) in [4.78, 5) is 22.0. The monoisotopic (exact) mass is 208 g/mol. The van der Waals surface area contributed by atoms with Crippen LogP contribution in [0.2, 0.25) is 0 Å². The molecular formula is C12H16O3. The standard InChI is InChI=1S/C12H16O3/c1-7(2)10-12(11(13)15-14-10)6-8-3-4-9(12)5-8/h3-4,7-10H,5-6H2,1-2H3. The largest absolute Gasteiger partial charge is 0.351 e. The van der Waals surface area contributed by atoms with Gasteiger partial charge in [0.05, 0.1) is 0 Å². The maximum atomic E-state index is 11.9. The summed E-state index contributed by atoms with van der Waals surface area (Å²) >= 11 is 0. The predicted molar refractivity (Wildman–Crippen MR) is 53.6 cm³/mol. The van der Waals surface area contributed by atoms with Gasteiger partial charge in [-0.3, -0.25) is 4.89 Å². The lowest BCUT2D eigenvalue weighted by Gasteiger charge is -2.32. The van der Waals surface area contributed by atoms with E-state index in [0.29, 0.717) is 17.8 Å². The molecule has 0 radical (unpaired) electrons. The Morgan fingerprint density at radius 2 is 2.27 bits per heavy atom. The zero-order valence-corrected chi connectivity index (χ0v) is 9.10. The van der Waals surface area contributed by atoms with E-state index in [1.807, 2.05) is 0 Å². The van der Waals surface area contributed by atoms with Crippen molar-refractivity contribution in [2.24, 2.45) is 23.2 Å². The molecule has 2 aliphatic carbocycles. The highest BCUT2D eigenvalue weighted by molar-refractivity contribution is 5.80. The van der Waals surface area contributed by atoms with Gasteiger partial charge in [0.25, 0.3) is 0 Å². The van der Waals surface area contributed by atoms with E-state index in [1.54, 1.807) is 0 Å². The first-order chi connectivity index (χ1) is 7.14. The normalized spacial score (nSPS) is 47.1. The van der Waals surface area contributed by atoms with Crippen LogP contribution >= 0.6 is 0 Å². The van der Waals surface area contributed by atoms with Crippen molar-refractivity contribution in [3.05, 3.63) is 12.2 Å². The minimum absolute atomic E-state index is 0.0649. The third-order valence-electron chi connectivity index (χ3n) is 4.15. The molecule has 3 nitrogen and oxygen atoms in total. The Hall–Kier alpha value is -0.830. The van der Waals surface area contributed by atoms with Crippen LogP contribution in [0.4, 0.5) is 0 Å². The molecule has 2 bridgehead atoms. The van der Waals surface area contributed by atoms with Gasteiger partial charge in [0.1, 0.15) is 11.5 Å². The summed E-state index contributed by atoms with van der Waals surface area (Å²) in [5.74, 6) is 1.08. The number of carbonyl (C=O) groups is 1. The van der Waals surface area contributed by atoms with Crippen LogP contribution in [-0.2, 0) is 14.6 Å². The average Bonchev–Trinajstić information content (AvgIpc) is 2.83. The molecule has 1 saturated heterocycles. The van der Waals surface area contributed by atoms with Crippen LogP contribution in [0.1, 0.15) is 26.7 Å². The molecule has 0 aromatic rings.